The molecule has 5 nitrogen and oxygen atoms in total. The molecule has 80 valence electrons. The van der Waals surface area contributed by atoms with Gasteiger partial charge in [0.25, 0.3) is 0 Å². The van der Waals surface area contributed by atoms with Gasteiger partial charge in [0, 0.05) is 13.1 Å². The third-order valence-corrected chi connectivity index (χ3v) is 2.73. The fourth-order valence-corrected chi connectivity index (χ4v) is 2.02. The van der Waals surface area contributed by atoms with Crippen molar-refractivity contribution < 1.29 is 0 Å². The second-order valence-electron chi connectivity index (χ2n) is 3.50. The van der Waals surface area contributed by atoms with E-state index in [1.165, 1.54) is 0 Å². The minimum Gasteiger partial charge on any atom is -0.372 e. The number of nitrogens with one attached hydrogen (secondary N) is 1. The van der Waals surface area contributed by atoms with Crippen LogP contribution in [0.2, 0.25) is 0 Å². The summed E-state index contributed by atoms with van der Waals surface area (Å²) in [4.78, 5) is 8.40. The fourth-order valence-electron chi connectivity index (χ4n) is 1.48. The van der Waals surface area contributed by atoms with Crippen LogP contribution in [-0.2, 0) is 0 Å². The molecule has 2 heterocycles. The van der Waals surface area contributed by atoms with Gasteiger partial charge in [-0.2, -0.15) is 5.10 Å². The first-order chi connectivity index (χ1) is 7.15. The Morgan fingerprint density at radius 2 is 2.13 bits per heavy atom. The number of nitrogens with zero attached hydrogens (tertiary/aromatic N) is 4. The molecule has 6 heteroatoms. The summed E-state index contributed by atoms with van der Waals surface area (Å²) in [6, 6.07) is 0.276. The van der Waals surface area contributed by atoms with E-state index in [1.54, 1.807) is 6.33 Å². The van der Waals surface area contributed by atoms with E-state index in [9.17, 15) is 0 Å². The van der Waals surface area contributed by atoms with Crippen LogP contribution in [0.5, 0.6) is 0 Å². The van der Waals surface area contributed by atoms with E-state index in [4.69, 9.17) is 0 Å². The summed E-state index contributed by atoms with van der Waals surface area (Å²) in [7, 11) is 1.83. The minimum atomic E-state index is 0.276. The van der Waals surface area contributed by atoms with Gasteiger partial charge in [-0.1, -0.05) is 0 Å². The third-order valence-electron chi connectivity index (χ3n) is 2.17. The van der Waals surface area contributed by atoms with Crippen molar-refractivity contribution in [1.29, 1.82) is 0 Å². The highest BCUT2D eigenvalue weighted by atomic mass is 79.9. The first-order valence-electron chi connectivity index (χ1n) is 4.71. The lowest BCUT2D eigenvalue weighted by atomic mass is 10.3. The Balaban J connectivity index is 2.79. The van der Waals surface area contributed by atoms with E-state index in [2.05, 4.69) is 50.2 Å². The Kier molecular flexibility index (Phi) is 2.60. The first-order valence-corrected chi connectivity index (χ1v) is 5.51. The van der Waals surface area contributed by atoms with Gasteiger partial charge in [0.05, 0.1) is 5.39 Å². The van der Waals surface area contributed by atoms with E-state index < -0.39 is 0 Å². The molecule has 0 aromatic carbocycles. The highest BCUT2D eigenvalue weighted by Gasteiger charge is 2.15. The van der Waals surface area contributed by atoms with Gasteiger partial charge < -0.3 is 5.32 Å². The molecule has 0 spiro atoms. The summed E-state index contributed by atoms with van der Waals surface area (Å²) in [5.74, 6) is 0.791. The van der Waals surface area contributed by atoms with Gasteiger partial charge in [-0.25, -0.2) is 14.6 Å². The van der Waals surface area contributed by atoms with Crippen molar-refractivity contribution in [3.8, 4) is 0 Å². The van der Waals surface area contributed by atoms with Gasteiger partial charge in [-0.3, -0.25) is 0 Å². The molecule has 1 N–H and O–H groups in total. The molecule has 0 aliphatic heterocycles. The number of aromatic nitrogens is 4. The van der Waals surface area contributed by atoms with Crippen LogP contribution in [0.1, 0.15) is 19.9 Å². The molecule has 0 amide bonds. The number of rotatable bonds is 2. The smallest absolute Gasteiger partial charge is 0.164 e. The fraction of sp³-hybridized carbons (Fsp3) is 0.444. The van der Waals surface area contributed by atoms with E-state index in [1.807, 2.05) is 11.7 Å². The highest BCUT2D eigenvalue weighted by Crippen LogP contribution is 2.28. The average molecular weight is 270 g/mol. The van der Waals surface area contributed by atoms with Crippen molar-refractivity contribution in [2.24, 2.45) is 0 Å². The van der Waals surface area contributed by atoms with Crippen molar-refractivity contribution in [2.75, 3.05) is 12.4 Å². The Bertz CT molecular complexity index is 490. The number of hydrogen-bond donors (Lipinski definition) is 1. The third kappa shape index (κ3) is 1.58. The molecule has 15 heavy (non-hydrogen) atoms. The SMILES string of the molecule is CNc1ncnc2c1c(Br)nn2C(C)C. The van der Waals surface area contributed by atoms with Crippen molar-refractivity contribution in [1.82, 2.24) is 19.7 Å². The van der Waals surface area contributed by atoms with Crippen LogP contribution in [0.4, 0.5) is 5.82 Å². The zero-order valence-corrected chi connectivity index (χ0v) is 10.4. The summed E-state index contributed by atoms with van der Waals surface area (Å²) >= 11 is 3.43. The zero-order valence-electron chi connectivity index (χ0n) is 8.82. The average Bonchev–Trinajstić information content (AvgIpc) is 2.56. The van der Waals surface area contributed by atoms with E-state index in [0.29, 0.717) is 0 Å². The highest BCUT2D eigenvalue weighted by molar-refractivity contribution is 9.10. The van der Waals surface area contributed by atoms with Crippen molar-refractivity contribution in [3.05, 3.63) is 10.9 Å². The van der Waals surface area contributed by atoms with E-state index in [-0.39, 0.29) is 6.04 Å². The number of fused-ring (bicyclic) bond motifs is 1. The molecule has 0 aliphatic carbocycles. The van der Waals surface area contributed by atoms with E-state index >= 15 is 0 Å². The van der Waals surface area contributed by atoms with Gasteiger partial charge in [0.2, 0.25) is 0 Å². The summed E-state index contributed by atoms with van der Waals surface area (Å²) in [6.07, 6.45) is 1.54. The van der Waals surface area contributed by atoms with Gasteiger partial charge in [-0.05, 0) is 29.8 Å². The number of halogens is 1. The standard InChI is InChI=1S/C9H12BrN5/c1-5(2)15-9-6(7(10)14-15)8(11-3)12-4-13-9/h4-5H,1-3H3,(H,11,12,13). The van der Waals surface area contributed by atoms with Crippen LogP contribution in [0.25, 0.3) is 11.0 Å². The summed E-state index contributed by atoms with van der Waals surface area (Å²) in [6.45, 7) is 4.14. The lowest BCUT2D eigenvalue weighted by Crippen LogP contribution is -2.04. The molecular weight excluding hydrogens is 258 g/mol. The second kappa shape index (κ2) is 3.77. The molecule has 0 bridgehead atoms. The lowest BCUT2D eigenvalue weighted by molar-refractivity contribution is 0.543. The van der Waals surface area contributed by atoms with Crippen LogP contribution in [0.15, 0.2) is 10.9 Å². The van der Waals surface area contributed by atoms with Gasteiger partial charge in [-0.15, -0.1) is 0 Å². The van der Waals surface area contributed by atoms with E-state index in [0.717, 1.165) is 21.5 Å². The van der Waals surface area contributed by atoms with Crippen LogP contribution >= 0.6 is 15.9 Å². The van der Waals surface area contributed by atoms with Crippen LogP contribution in [-0.4, -0.2) is 26.8 Å². The Morgan fingerprint density at radius 1 is 1.40 bits per heavy atom. The molecule has 2 rings (SSSR count). The maximum absolute atomic E-state index is 4.39. The Labute approximate surface area is 96.0 Å². The molecule has 0 radical (unpaired) electrons. The molecule has 0 atom stereocenters. The van der Waals surface area contributed by atoms with Gasteiger partial charge in [0.1, 0.15) is 16.7 Å². The number of hydrogen-bond acceptors (Lipinski definition) is 4. The van der Waals surface area contributed by atoms with Crippen molar-refractivity contribution in [3.63, 3.8) is 0 Å². The molecule has 0 saturated carbocycles. The van der Waals surface area contributed by atoms with Crippen LogP contribution in [0.3, 0.4) is 0 Å². The Hall–Kier alpha value is -1.17. The normalized spacial score (nSPS) is 11.3. The molecule has 0 fully saturated rings. The molecular formula is C9H12BrN5. The molecule has 0 aliphatic rings. The van der Waals surface area contributed by atoms with Crippen LogP contribution in [0, 0.1) is 0 Å². The lowest BCUT2D eigenvalue weighted by Gasteiger charge is -2.05. The van der Waals surface area contributed by atoms with Crippen molar-refractivity contribution in [2.45, 2.75) is 19.9 Å². The molecule has 0 saturated heterocycles. The summed E-state index contributed by atoms with van der Waals surface area (Å²) < 4.78 is 2.65. The summed E-state index contributed by atoms with van der Waals surface area (Å²) in [5, 5.41) is 8.34. The second-order valence-corrected chi connectivity index (χ2v) is 4.25. The number of anilines is 1. The molecule has 0 unspecified atom stereocenters. The van der Waals surface area contributed by atoms with Gasteiger partial charge in [0.15, 0.2) is 5.65 Å². The molecule has 2 aromatic heterocycles. The minimum absolute atomic E-state index is 0.276. The first kappa shape index (κ1) is 10.4. The topological polar surface area (TPSA) is 55.6 Å². The zero-order chi connectivity index (χ0) is 11.0. The monoisotopic (exact) mass is 269 g/mol. The van der Waals surface area contributed by atoms with Crippen molar-refractivity contribution >= 4 is 32.8 Å². The summed E-state index contributed by atoms with van der Waals surface area (Å²) in [5.41, 5.74) is 0.844. The molecule has 2 aromatic rings. The largest absolute Gasteiger partial charge is 0.372 e. The maximum Gasteiger partial charge on any atom is 0.164 e. The maximum atomic E-state index is 4.39. The quantitative estimate of drug-likeness (QED) is 0.909. The predicted octanol–water partition coefficient (Wildman–Crippen LogP) is 2.21. The predicted molar refractivity (Wildman–Crippen MR) is 63.0 cm³/mol. The Morgan fingerprint density at radius 3 is 2.73 bits per heavy atom. The van der Waals surface area contributed by atoms with Gasteiger partial charge >= 0.3 is 0 Å². The van der Waals surface area contributed by atoms with Crippen LogP contribution < -0.4 is 5.32 Å².